The molecule has 0 aromatic carbocycles. The van der Waals surface area contributed by atoms with E-state index in [-0.39, 0.29) is 31.1 Å². The molecule has 64 heavy (non-hydrogen) atoms. The lowest BCUT2D eigenvalue weighted by molar-refractivity contribution is -0.167. The van der Waals surface area contributed by atoms with Crippen molar-refractivity contribution in [1.82, 2.24) is 0 Å². The van der Waals surface area contributed by atoms with Crippen molar-refractivity contribution in [3.8, 4) is 0 Å². The second-order valence-corrected chi connectivity index (χ2v) is 20.9. The van der Waals surface area contributed by atoms with Crippen molar-refractivity contribution in [3.05, 3.63) is 0 Å². The zero-order valence-electron chi connectivity index (χ0n) is 43.9. The van der Waals surface area contributed by atoms with Gasteiger partial charge in [0.25, 0.3) is 0 Å². The number of carbonyl (C=O) groups is 3. The number of unbranched alkanes of at least 4 members (excludes halogenated alkanes) is 37. The minimum absolute atomic E-state index is 0.0630. The van der Waals surface area contributed by atoms with Crippen molar-refractivity contribution >= 4 is 17.9 Å². The molecule has 0 heterocycles. The van der Waals surface area contributed by atoms with Crippen LogP contribution in [0.3, 0.4) is 0 Å². The fourth-order valence-corrected chi connectivity index (χ4v) is 8.87. The molecule has 0 fully saturated rings. The Morgan fingerprint density at radius 1 is 0.297 bits per heavy atom. The first-order valence-electron chi connectivity index (χ1n) is 28.7. The Kier molecular flexibility index (Phi) is 49.6. The number of esters is 3. The van der Waals surface area contributed by atoms with E-state index in [9.17, 15) is 14.4 Å². The van der Waals surface area contributed by atoms with E-state index in [1.807, 2.05) is 0 Å². The third kappa shape index (κ3) is 51.4. The summed E-state index contributed by atoms with van der Waals surface area (Å²) in [5, 5.41) is 0. The molecule has 380 valence electrons. The van der Waals surface area contributed by atoms with Crippen molar-refractivity contribution in [3.63, 3.8) is 0 Å². The number of hydrogen-bond acceptors (Lipinski definition) is 6. The van der Waals surface area contributed by atoms with Gasteiger partial charge in [0.05, 0.1) is 0 Å². The zero-order chi connectivity index (χ0) is 46.8. The SMILES string of the molecule is CCCCCCCCCCCCCCCCCCCCC(=O)OC[C@H](COC(=O)CCCCCCCCCCCC(C)C)OC(=O)CCCCCCCCCCCCCCCC(C)C. The first-order valence-corrected chi connectivity index (χ1v) is 28.7. The minimum Gasteiger partial charge on any atom is -0.462 e. The molecule has 0 aliphatic heterocycles. The van der Waals surface area contributed by atoms with Gasteiger partial charge in [0.15, 0.2) is 6.10 Å². The van der Waals surface area contributed by atoms with Gasteiger partial charge < -0.3 is 14.2 Å². The Labute approximate surface area is 399 Å². The monoisotopic (exact) mass is 905 g/mol. The Morgan fingerprint density at radius 2 is 0.516 bits per heavy atom. The van der Waals surface area contributed by atoms with Gasteiger partial charge in [-0.05, 0) is 31.1 Å². The van der Waals surface area contributed by atoms with Gasteiger partial charge >= 0.3 is 17.9 Å². The fourth-order valence-electron chi connectivity index (χ4n) is 8.87. The maximum Gasteiger partial charge on any atom is 0.306 e. The molecule has 0 rings (SSSR count). The van der Waals surface area contributed by atoms with Crippen LogP contribution in [0, 0.1) is 11.8 Å². The van der Waals surface area contributed by atoms with Gasteiger partial charge in [0.1, 0.15) is 13.2 Å². The molecule has 0 saturated carbocycles. The maximum absolute atomic E-state index is 12.8. The highest BCUT2D eigenvalue weighted by atomic mass is 16.6. The van der Waals surface area contributed by atoms with Crippen molar-refractivity contribution in [2.45, 2.75) is 330 Å². The molecule has 0 saturated heterocycles. The number of rotatable bonds is 52. The van der Waals surface area contributed by atoms with Gasteiger partial charge in [-0.2, -0.15) is 0 Å². The molecule has 0 aliphatic carbocycles. The summed E-state index contributed by atoms with van der Waals surface area (Å²) < 4.78 is 16.9. The van der Waals surface area contributed by atoms with Gasteiger partial charge in [0.2, 0.25) is 0 Å². The van der Waals surface area contributed by atoms with Crippen molar-refractivity contribution in [1.29, 1.82) is 0 Å². The molecule has 0 radical (unpaired) electrons. The van der Waals surface area contributed by atoms with E-state index in [1.54, 1.807) is 0 Å². The summed E-state index contributed by atoms with van der Waals surface area (Å²) in [6, 6.07) is 0. The van der Waals surface area contributed by atoms with E-state index in [2.05, 4.69) is 34.6 Å². The van der Waals surface area contributed by atoms with Crippen molar-refractivity contribution in [2.75, 3.05) is 13.2 Å². The average Bonchev–Trinajstić information content (AvgIpc) is 3.27. The fraction of sp³-hybridized carbons (Fsp3) is 0.948. The lowest BCUT2D eigenvalue weighted by Crippen LogP contribution is -2.30. The normalized spacial score (nSPS) is 12.0. The lowest BCUT2D eigenvalue weighted by atomic mass is 10.0. The van der Waals surface area contributed by atoms with E-state index < -0.39 is 6.10 Å². The predicted octanol–water partition coefficient (Wildman–Crippen LogP) is 18.9. The molecular formula is C58H112O6. The van der Waals surface area contributed by atoms with Crippen molar-refractivity contribution < 1.29 is 28.6 Å². The second-order valence-electron chi connectivity index (χ2n) is 20.9. The first kappa shape index (κ1) is 62.4. The van der Waals surface area contributed by atoms with Crippen LogP contribution < -0.4 is 0 Å². The standard InChI is InChI=1S/C58H112O6/c1-6-7-8-9-10-11-12-13-14-15-16-17-20-23-28-33-38-43-48-56(59)62-51-55(52-63-57(60)49-44-39-34-30-25-27-32-37-42-47-54(4)5)64-58(61)50-45-40-35-29-24-21-18-19-22-26-31-36-41-46-53(2)3/h53-55H,6-52H2,1-5H3/t55-/m1/s1. The lowest BCUT2D eigenvalue weighted by Gasteiger charge is -2.18. The second kappa shape index (κ2) is 50.8. The van der Waals surface area contributed by atoms with Crippen LogP contribution in [-0.4, -0.2) is 37.2 Å². The number of hydrogen-bond donors (Lipinski definition) is 0. The third-order valence-electron chi connectivity index (χ3n) is 13.2. The quantitative estimate of drug-likeness (QED) is 0.0344. The first-order chi connectivity index (χ1) is 31.2. The summed E-state index contributed by atoms with van der Waals surface area (Å²) >= 11 is 0. The molecule has 6 heteroatoms. The van der Waals surface area contributed by atoms with Gasteiger partial charge in [-0.15, -0.1) is 0 Å². The third-order valence-corrected chi connectivity index (χ3v) is 13.2. The van der Waals surface area contributed by atoms with Gasteiger partial charge in [-0.3, -0.25) is 14.4 Å². The summed E-state index contributed by atoms with van der Waals surface area (Å²) in [7, 11) is 0. The van der Waals surface area contributed by atoms with Gasteiger partial charge in [-0.1, -0.05) is 285 Å². The predicted molar refractivity (Wildman–Crippen MR) is 275 cm³/mol. The molecule has 1 atom stereocenters. The average molecular weight is 906 g/mol. The summed E-state index contributed by atoms with van der Waals surface area (Å²) in [4.78, 5) is 38.1. The number of carbonyl (C=O) groups excluding carboxylic acids is 3. The van der Waals surface area contributed by atoms with Crippen LogP contribution in [-0.2, 0) is 28.6 Å². The number of ether oxygens (including phenoxy) is 3. The molecule has 0 aromatic rings. The molecule has 0 N–H and O–H groups in total. The molecule has 6 nitrogen and oxygen atoms in total. The molecule has 0 unspecified atom stereocenters. The maximum atomic E-state index is 12.8. The van der Waals surface area contributed by atoms with E-state index in [0.29, 0.717) is 19.3 Å². The Hall–Kier alpha value is -1.59. The minimum atomic E-state index is -0.763. The molecule has 0 aliphatic rings. The summed E-state index contributed by atoms with van der Waals surface area (Å²) in [5.41, 5.74) is 0. The van der Waals surface area contributed by atoms with E-state index in [4.69, 9.17) is 14.2 Å². The van der Waals surface area contributed by atoms with Gasteiger partial charge in [-0.25, -0.2) is 0 Å². The van der Waals surface area contributed by atoms with Crippen LogP contribution in [0.25, 0.3) is 0 Å². The molecule has 0 spiro atoms. The van der Waals surface area contributed by atoms with Crippen LogP contribution in [0.2, 0.25) is 0 Å². The zero-order valence-corrected chi connectivity index (χ0v) is 43.9. The van der Waals surface area contributed by atoms with E-state index >= 15 is 0 Å². The van der Waals surface area contributed by atoms with E-state index in [1.165, 1.54) is 212 Å². The van der Waals surface area contributed by atoms with Crippen LogP contribution in [0.15, 0.2) is 0 Å². The Balaban J connectivity index is 4.28. The largest absolute Gasteiger partial charge is 0.462 e. The highest BCUT2D eigenvalue weighted by Gasteiger charge is 2.19. The van der Waals surface area contributed by atoms with Crippen LogP contribution in [0.1, 0.15) is 324 Å². The highest BCUT2D eigenvalue weighted by Crippen LogP contribution is 2.18. The molecule has 0 aromatic heterocycles. The summed E-state index contributed by atoms with van der Waals surface area (Å²) in [6.07, 6.45) is 53.8. The molecule has 0 bridgehead atoms. The smallest absolute Gasteiger partial charge is 0.306 e. The van der Waals surface area contributed by atoms with Crippen LogP contribution in [0.5, 0.6) is 0 Å². The highest BCUT2D eigenvalue weighted by molar-refractivity contribution is 5.71. The summed E-state index contributed by atoms with van der Waals surface area (Å²) in [6.45, 7) is 11.4. The van der Waals surface area contributed by atoms with Crippen molar-refractivity contribution in [2.24, 2.45) is 11.8 Å². The summed E-state index contributed by atoms with van der Waals surface area (Å²) in [5.74, 6) is 0.805. The van der Waals surface area contributed by atoms with Gasteiger partial charge in [0, 0.05) is 19.3 Å². The van der Waals surface area contributed by atoms with Crippen LogP contribution >= 0.6 is 0 Å². The van der Waals surface area contributed by atoms with Crippen LogP contribution in [0.4, 0.5) is 0 Å². The topological polar surface area (TPSA) is 78.9 Å². The molecular weight excluding hydrogens is 793 g/mol. The Bertz CT molecular complexity index is 978. The van der Waals surface area contributed by atoms with E-state index in [0.717, 1.165) is 69.6 Å². The molecule has 0 amide bonds. The Morgan fingerprint density at radius 3 is 0.766 bits per heavy atom.